The van der Waals surface area contributed by atoms with Gasteiger partial charge in [-0.25, -0.2) is 0 Å². The second kappa shape index (κ2) is 6.21. The van der Waals surface area contributed by atoms with Crippen LogP contribution in [-0.4, -0.2) is 9.13 Å². The van der Waals surface area contributed by atoms with E-state index in [1.54, 1.807) is 0 Å². The van der Waals surface area contributed by atoms with Crippen LogP contribution in [0.2, 0.25) is 0 Å². The van der Waals surface area contributed by atoms with Gasteiger partial charge in [-0.15, -0.1) is 0 Å². The molecular weight excluding hydrogens is 316 g/mol. The normalized spacial score (nSPS) is 11.4. The molecule has 0 aliphatic heterocycles. The van der Waals surface area contributed by atoms with E-state index in [1.807, 2.05) is 0 Å². The first-order valence-corrected chi connectivity index (χ1v) is 9.35. The van der Waals surface area contributed by atoms with Crippen LogP contribution in [0.25, 0.3) is 27.4 Å². The van der Waals surface area contributed by atoms with Crippen LogP contribution in [0.3, 0.4) is 0 Å². The third-order valence-electron chi connectivity index (χ3n) is 5.75. The number of aryl methyl sites for hydroxylation is 2. The maximum atomic E-state index is 2.39. The number of hydrogen-bond acceptors (Lipinski definition) is 0. The second-order valence-corrected chi connectivity index (χ2v) is 7.10. The van der Waals surface area contributed by atoms with E-state index in [0.29, 0.717) is 0 Å². The largest absolute Gasteiger partial charge is 0.347 e. The van der Waals surface area contributed by atoms with Crippen LogP contribution in [0.5, 0.6) is 0 Å². The second-order valence-electron chi connectivity index (χ2n) is 7.10. The lowest BCUT2D eigenvalue weighted by atomic mass is 9.92. The van der Waals surface area contributed by atoms with Gasteiger partial charge in [0.05, 0.1) is 0 Å². The fraction of sp³-hybridized carbons (Fsp3) is 0.250. The molecule has 0 aliphatic rings. The number of para-hydroxylation sites is 2. The van der Waals surface area contributed by atoms with E-state index in [2.05, 4.69) is 98.6 Å². The van der Waals surface area contributed by atoms with Gasteiger partial charge in [-0.05, 0) is 38.0 Å². The summed E-state index contributed by atoms with van der Waals surface area (Å²) in [7, 11) is 4.33. The first kappa shape index (κ1) is 16.7. The van der Waals surface area contributed by atoms with Crippen LogP contribution in [0.4, 0.5) is 0 Å². The number of benzene rings is 2. The van der Waals surface area contributed by atoms with E-state index in [4.69, 9.17) is 0 Å². The molecule has 0 radical (unpaired) electrons. The fourth-order valence-electron chi connectivity index (χ4n) is 4.25. The molecule has 26 heavy (non-hydrogen) atoms. The molecule has 0 aliphatic carbocycles. The summed E-state index contributed by atoms with van der Waals surface area (Å²) in [6.45, 7) is 6.69. The van der Waals surface area contributed by atoms with Crippen molar-refractivity contribution in [2.75, 3.05) is 0 Å². The van der Waals surface area contributed by atoms with Gasteiger partial charge in [0.2, 0.25) is 0 Å². The molecule has 4 rings (SSSR count). The van der Waals surface area contributed by atoms with Gasteiger partial charge in [-0.1, -0.05) is 49.4 Å². The average Bonchev–Trinajstić information content (AvgIpc) is 3.06. The van der Waals surface area contributed by atoms with Crippen molar-refractivity contribution in [2.24, 2.45) is 14.1 Å². The maximum Gasteiger partial charge on any atom is 0.0486 e. The molecule has 0 saturated carbocycles. The fourth-order valence-corrected chi connectivity index (χ4v) is 4.25. The standard InChI is InChI=1S/C24H26N2/c1-6-11-20(23-16(2)25(4)21-14-9-7-12-18(21)23)24-17(3)26(5)22-15-10-8-13-19(22)24/h7-15H,6H2,1-5H3. The van der Waals surface area contributed by atoms with Crippen molar-refractivity contribution in [3.05, 3.63) is 77.1 Å². The van der Waals surface area contributed by atoms with Gasteiger partial charge in [0.1, 0.15) is 0 Å². The van der Waals surface area contributed by atoms with Gasteiger partial charge in [0.25, 0.3) is 0 Å². The number of aromatic nitrogens is 2. The summed E-state index contributed by atoms with van der Waals surface area (Å²) in [4.78, 5) is 0. The zero-order valence-corrected chi connectivity index (χ0v) is 16.3. The predicted octanol–water partition coefficient (Wildman–Crippen LogP) is 6.13. The third-order valence-corrected chi connectivity index (χ3v) is 5.75. The van der Waals surface area contributed by atoms with Crippen LogP contribution in [-0.2, 0) is 14.1 Å². The van der Waals surface area contributed by atoms with Crippen molar-refractivity contribution >= 4 is 27.4 Å². The summed E-state index contributed by atoms with van der Waals surface area (Å²) in [5.41, 5.74) is 9.31. The molecule has 0 spiro atoms. The van der Waals surface area contributed by atoms with E-state index >= 15 is 0 Å². The van der Waals surface area contributed by atoms with Crippen LogP contribution >= 0.6 is 0 Å². The molecule has 0 fully saturated rings. The minimum absolute atomic E-state index is 1.01. The summed E-state index contributed by atoms with van der Waals surface area (Å²) < 4.78 is 4.63. The van der Waals surface area contributed by atoms with E-state index in [1.165, 1.54) is 49.9 Å². The Bertz CT molecular complexity index is 1060. The van der Waals surface area contributed by atoms with E-state index < -0.39 is 0 Å². The molecule has 0 saturated heterocycles. The molecule has 0 unspecified atom stereocenters. The lowest BCUT2D eigenvalue weighted by Crippen LogP contribution is -1.97. The summed E-state index contributed by atoms with van der Waals surface area (Å²) in [5.74, 6) is 0. The van der Waals surface area contributed by atoms with Gasteiger partial charge >= 0.3 is 0 Å². The number of nitrogens with zero attached hydrogens (tertiary/aromatic N) is 2. The van der Waals surface area contributed by atoms with Gasteiger partial charge in [-0.3, -0.25) is 0 Å². The average molecular weight is 342 g/mol. The first-order valence-electron chi connectivity index (χ1n) is 9.35. The maximum absolute atomic E-state index is 2.39. The molecule has 0 atom stereocenters. The molecule has 0 amide bonds. The quantitative estimate of drug-likeness (QED) is 0.424. The number of allylic oxidation sites excluding steroid dienone is 1. The number of rotatable bonds is 3. The van der Waals surface area contributed by atoms with Crippen molar-refractivity contribution in [3.8, 4) is 0 Å². The monoisotopic (exact) mass is 342 g/mol. The van der Waals surface area contributed by atoms with Gasteiger partial charge in [0.15, 0.2) is 0 Å². The first-order chi connectivity index (χ1) is 12.6. The molecular formula is C24H26N2. The molecule has 2 nitrogen and oxygen atoms in total. The summed E-state index contributed by atoms with van der Waals surface area (Å²) in [6, 6.07) is 17.5. The molecule has 2 heterocycles. The highest BCUT2D eigenvalue weighted by atomic mass is 15.0. The van der Waals surface area contributed by atoms with E-state index in [0.717, 1.165) is 6.42 Å². The highest BCUT2D eigenvalue weighted by Gasteiger charge is 2.21. The van der Waals surface area contributed by atoms with Gasteiger partial charge < -0.3 is 9.13 Å². The number of fused-ring (bicyclic) bond motifs is 2. The van der Waals surface area contributed by atoms with Crippen molar-refractivity contribution in [3.63, 3.8) is 0 Å². The van der Waals surface area contributed by atoms with Crippen LogP contribution < -0.4 is 0 Å². The van der Waals surface area contributed by atoms with Gasteiger partial charge in [-0.2, -0.15) is 0 Å². The Kier molecular flexibility index (Phi) is 3.99. The van der Waals surface area contributed by atoms with Crippen LogP contribution in [0.1, 0.15) is 35.9 Å². The molecule has 0 bridgehead atoms. The van der Waals surface area contributed by atoms with Crippen LogP contribution in [0, 0.1) is 13.8 Å². The van der Waals surface area contributed by atoms with Crippen molar-refractivity contribution in [1.29, 1.82) is 0 Å². The molecule has 132 valence electrons. The Labute approximate surface area is 155 Å². The lowest BCUT2D eigenvalue weighted by molar-refractivity contribution is 0.910. The molecule has 2 aromatic heterocycles. The lowest BCUT2D eigenvalue weighted by Gasteiger charge is -2.11. The van der Waals surface area contributed by atoms with Crippen molar-refractivity contribution < 1.29 is 0 Å². The Morgan fingerprint density at radius 2 is 1.19 bits per heavy atom. The zero-order valence-electron chi connectivity index (χ0n) is 16.3. The minimum atomic E-state index is 1.01. The topological polar surface area (TPSA) is 9.86 Å². The Hall–Kier alpha value is -2.74. The van der Waals surface area contributed by atoms with E-state index in [-0.39, 0.29) is 0 Å². The molecule has 4 aromatic rings. The summed E-state index contributed by atoms with van der Waals surface area (Å²) in [6.07, 6.45) is 3.41. The molecule has 2 heteroatoms. The SMILES string of the molecule is CCC=C(c1c(C)n(C)c2ccccc12)c1c(C)n(C)c2ccccc12. The summed E-state index contributed by atoms with van der Waals surface area (Å²) >= 11 is 0. The highest BCUT2D eigenvalue weighted by molar-refractivity contribution is 6.05. The third kappa shape index (κ3) is 2.25. The van der Waals surface area contributed by atoms with Gasteiger partial charge in [0, 0.05) is 58.4 Å². The van der Waals surface area contributed by atoms with E-state index in [9.17, 15) is 0 Å². The van der Waals surface area contributed by atoms with Crippen molar-refractivity contribution in [1.82, 2.24) is 9.13 Å². The van der Waals surface area contributed by atoms with Crippen LogP contribution in [0.15, 0.2) is 54.6 Å². The Morgan fingerprint density at radius 1 is 0.769 bits per heavy atom. The predicted molar refractivity (Wildman–Crippen MR) is 113 cm³/mol. The zero-order chi connectivity index (χ0) is 18.4. The Balaban J connectivity index is 2.12. The van der Waals surface area contributed by atoms with Crippen molar-refractivity contribution in [2.45, 2.75) is 27.2 Å². The highest BCUT2D eigenvalue weighted by Crippen LogP contribution is 2.39. The molecule has 0 N–H and O–H groups in total. The smallest absolute Gasteiger partial charge is 0.0486 e. The summed E-state index contributed by atoms with van der Waals surface area (Å²) in [5, 5.41) is 2.67. The molecule has 2 aromatic carbocycles. The minimum Gasteiger partial charge on any atom is -0.347 e. The number of hydrogen-bond donors (Lipinski definition) is 0. The Morgan fingerprint density at radius 3 is 1.62 bits per heavy atom.